The smallest absolute Gasteiger partial charge is 0.239 e. The first-order chi connectivity index (χ1) is 12.1. The van der Waals surface area contributed by atoms with E-state index in [1.54, 1.807) is 38.1 Å². The Kier molecular flexibility index (Phi) is 5.93. The van der Waals surface area contributed by atoms with E-state index in [4.69, 9.17) is 16.3 Å². The summed E-state index contributed by atoms with van der Waals surface area (Å²) in [7, 11) is 1.49. The summed E-state index contributed by atoms with van der Waals surface area (Å²) in [6, 6.07) is 10.7. The van der Waals surface area contributed by atoms with E-state index in [1.807, 2.05) is 26.0 Å². The molecule has 2 N–H and O–H groups in total. The minimum Gasteiger partial charge on any atom is -0.495 e. The van der Waals surface area contributed by atoms with Crippen LogP contribution in [0.15, 0.2) is 36.4 Å². The van der Waals surface area contributed by atoms with Crippen molar-refractivity contribution in [3.8, 4) is 5.75 Å². The maximum absolute atomic E-state index is 12.7. The predicted molar refractivity (Wildman–Crippen MR) is 105 cm³/mol. The standard InChI is InChI=1S/C20H23ClN2O3/c1-12-6-8-14(9-7-12)22-18(24)20(3,4)19(25)23-16-10-13(2)15(21)11-17(16)26-5/h6-11H,1-5H3,(H,22,24)(H,23,25). The lowest BCUT2D eigenvalue weighted by molar-refractivity contribution is -0.135. The quantitative estimate of drug-likeness (QED) is 0.753. The number of methoxy groups -OCH3 is 1. The lowest BCUT2D eigenvalue weighted by atomic mass is 9.90. The third-order valence-corrected chi connectivity index (χ3v) is 4.58. The van der Waals surface area contributed by atoms with E-state index in [0.29, 0.717) is 22.1 Å². The zero-order valence-electron chi connectivity index (χ0n) is 15.6. The maximum atomic E-state index is 12.7. The minimum atomic E-state index is -1.29. The average Bonchev–Trinajstić information content (AvgIpc) is 2.59. The molecule has 2 rings (SSSR count). The number of hydrogen-bond donors (Lipinski definition) is 2. The number of hydrogen-bond acceptors (Lipinski definition) is 3. The fourth-order valence-electron chi connectivity index (χ4n) is 2.24. The molecule has 0 aliphatic carbocycles. The highest BCUT2D eigenvalue weighted by Gasteiger charge is 2.36. The maximum Gasteiger partial charge on any atom is 0.239 e. The first-order valence-corrected chi connectivity index (χ1v) is 8.56. The highest BCUT2D eigenvalue weighted by molar-refractivity contribution is 6.31. The molecule has 2 aromatic carbocycles. The summed E-state index contributed by atoms with van der Waals surface area (Å²) in [4.78, 5) is 25.3. The van der Waals surface area contributed by atoms with Gasteiger partial charge in [0.1, 0.15) is 11.2 Å². The number of amides is 2. The van der Waals surface area contributed by atoms with Gasteiger partial charge in [0.2, 0.25) is 11.8 Å². The van der Waals surface area contributed by atoms with Crippen LogP contribution in [0.4, 0.5) is 11.4 Å². The molecule has 0 aromatic heterocycles. The van der Waals surface area contributed by atoms with Crippen molar-refractivity contribution >= 4 is 34.8 Å². The first-order valence-electron chi connectivity index (χ1n) is 8.19. The molecular weight excluding hydrogens is 352 g/mol. The number of nitrogens with one attached hydrogen (secondary N) is 2. The van der Waals surface area contributed by atoms with Gasteiger partial charge in [-0.25, -0.2) is 0 Å². The van der Waals surface area contributed by atoms with E-state index >= 15 is 0 Å². The van der Waals surface area contributed by atoms with Crippen molar-refractivity contribution in [2.75, 3.05) is 17.7 Å². The first kappa shape index (κ1) is 19.8. The second-order valence-electron chi connectivity index (χ2n) is 6.70. The molecule has 0 spiro atoms. The summed E-state index contributed by atoms with van der Waals surface area (Å²) in [5.41, 5.74) is 1.70. The van der Waals surface area contributed by atoms with Crippen molar-refractivity contribution in [1.29, 1.82) is 0 Å². The third-order valence-electron chi connectivity index (χ3n) is 4.17. The predicted octanol–water partition coefficient (Wildman–Crippen LogP) is 4.57. The van der Waals surface area contributed by atoms with Gasteiger partial charge in [0.25, 0.3) is 0 Å². The molecular formula is C20H23ClN2O3. The Labute approximate surface area is 158 Å². The molecule has 138 valence electrons. The van der Waals surface area contributed by atoms with E-state index in [-0.39, 0.29) is 0 Å². The Hall–Kier alpha value is -2.53. The summed E-state index contributed by atoms with van der Waals surface area (Å²) >= 11 is 6.09. The molecule has 2 aromatic rings. The van der Waals surface area contributed by atoms with Crippen LogP contribution in [0.2, 0.25) is 5.02 Å². The molecule has 6 heteroatoms. The van der Waals surface area contributed by atoms with Gasteiger partial charge < -0.3 is 15.4 Å². The highest BCUT2D eigenvalue weighted by Crippen LogP contribution is 2.32. The zero-order chi connectivity index (χ0) is 19.5. The second kappa shape index (κ2) is 7.79. The molecule has 0 unspecified atom stereocenters. The van der Waals surface area contributed by atoms with E-state index < -0.39 is 17.2 Å². The van der Waals surface area contributed by atoms with E-state index in [2.05, 4.69) is 10.6 Å². The lowest BCUT2D eigenvalue weighted by Crippen LogP contribution is -2.41. The van der Waals surface area contributed by atoms with Crippen molar-refractivity contribution in [3.63, 3.8) is 0 Å². The van der Waals surface area contributed by atoms with E-state index in [0.717, 1.165) is 11.1 Å². The molecule has 0 radical (unpaired) electrons. The molecule has 0 bridgehead atoms. The van der Waals surface area contributed by atoms with Gasteiger partial charge in [0.15, 0.2) is 0 Å². The summed E-state index contributed by atoms with van der Waals surface area (Å²) in [5.74, 6) is -0.408. The topological polar surface area (TPSA) is 67.4 Å². The number of halogens is 1. The van der Waals surface area contributed by atoms with Crippen molar-refractivity contribution in [1.82, 2.24) is 0 Å². The average molecular weight is 375 g/mol. The van der Waals surface area contributed by atoms with E-state index in [9.17, 15) is 9.59 Å². The molecule has 0 aliphatic rings. The van der Waals surface area contributed by atoms with Gasteiger partial charge in [-0.05, 0) is 51.5 Å². The molecule has 2 amide bonds. The largest absolute Gasteiger partial charge is 0.495 e. The van der Waals surface area contributed by atoms with Crippen LogP contribution in [-0.2, 0) is 9.59 Å². The molecule has 0 saturated carbocycles. The molecule has 26 heavy (non-hydrogen) atoms. The summed E-state index contributed by atoms with van der Waals surface area (Å²) < 4.78 is 5.26. The third kappa shape index (κ3) is 4.35. The number of carbonyl (C=O) groups excluding carboxylic acids is 2. The number of rotatable bonds is 5. The summed E-state index contributed by atoms with van der Waals surface area (Å²) in [5, 5.41) is 6.07. The zero-order valence-corrected chi connectivity index (χ0v) is 16.3. The molecule has 0 saturated heterocycles. The SMILES string of the molecule is COc1cc(Cl)c(C)cc1NC(=O)C(C)(C)C(=O)Nc1ccc(C)cc1. The van der Waals surface area contributed by atoms with Gasteiger partial charge in [-0.3, -0.25) is 9.59 Å². The van der Waals surface area contributed by atoms with Gasteiger partial charge >= 0.3 is 0 Å². The van der Waals surface area contributed by atoms with Crippen LogP contribution in [0.5, 0.6) is 5.75 Å². The number of ether oxygens (including phenoxy) is 1. The van der Waals surface area contributed by atoms with Crippen LogP contribution in [0.3, 0.4) is 0 Å². The number of aryl methyl sites for hydroxylation is 2. The molecule has 0 heterocycles. The Bertz CT molecular complexity index is 830. The van der Waals surface area contributed by atoms with Gasteiger partial charge in [-0.1, -0.05) is 29.3 Å². The van der Waals surface area contributed by atoms with Gasteiger partial charge in [0, 0.05) is 16.8 Å². The summed E-state index contributed by atoms with van der Waals surface area (Å²) in [6.45, 7) is 6.93. The van der Waals surface area contributed by atoms with Gasteiger partial charge in [-0.2, -0.15) is 0 Å². The number of carbonyl (C=O) groups is 2. The Balaban J connectivity index is 2.18. The fourth-order valence-corrected chi connectivity index (χ4v) is 2.39. The monoisotopic (exact) mass is 374 g/mol. The second-order valence-corrected chi connectivity index (χ2v) is 7.11. The van der Waals surface area contributed by atoms with Crippen LogP contribution in [-0.4, -0.2) is 18.9 Å². The number of benzene rings is 2. The van der Waals surface area contributed by atoms with Crippen LogP contribution in [0.1, 0.15) is 25.0 Å². The van der Waals surface area contributed by atoms with Gasteiger partial charge in [0.05, 0.1) is 12.8 Å². The Morgan fingerprint density at radius 2 is 1.58 bits per heavy atom. The van der Waals surface area contributed by atoms with Crippen molar-refractivity contribution in [2.24, 2.45) is 5.41 Å². The highest BCUT2D eigenvalue weighted by atomic mass is 35.5. The van der Waals surface area contributed by atoms with Crippen LogP contribution < -0.4 is 15.4 Å². The van der Waals surface area contributed by atoms with Crippen molar-refractivity contribution < 1.29 is 14.3 Å². The van der Waals surface area contributed by atoms with Crippen LogP contribution in [0, 0.1) is 19.3 Å². The molecule has 0 fully saturated rings. The number of anilines is 2. The minimum absolute atomic E-state index is 0.400. The Morgan fingerprint density at radius 1 is 1.00 bits per heavy atom. The Morgan fingerprint density at radius 3 is 2.15 bits per heavy atom. The van der Waals surface area contributed by atoms with Crippen LogP contribution in [0.25, 0.3) is 0 Å². The normalized spacial score (nSPS) is 11.0. The molecule has 0 atom stereocenters. The van der Waals surface area contributed by atoms with Crippen LogP contribution >= 0.6 is 11.6 Å². The van der Waals surface area contributed by atoms with Crippen molar-refractivity contribution in [3.05, 3.63) is 52.5 Å². The molecule has 0 aliphatic heterocycles. The fraction of sp³-hybridized carbons (Fsp3) is 0.300. The summed E-state index contributed by atoms with van der Waals surface area (Å²) in [6.07, 6.45) is 0. The van der Waals surface area contributed by atoms with Crippen molar-refractivity contribution in [2.45, 2.75) is 27.7 Å². The van der Waals surface area contributed by atoms with E-state index in [1.165, 1.54) is 7.11 Å². The lowest BCUT2D eigenvalue weighted by Gasteiger charge is -2.23. The van der Waals surface area contributed by atoms with Gasteiger partial charge in [-0.15, -0.1) is 0 Å². The molecule has 5 nitrogen and oxygen atoms in total.